The Morgan fingerprint density at radius 3 is 3.10 bits per heavy atom. The predicted molar refractivity (Wildman–Crippen MR) is 78.9 cm³/mol. The maximum atomic E-state index is 5.93. The molecule has 0 spiro atoms. The van der Waals surface area contributed by atoms with E-state index in [1.54, 1.807) is 0 Å². The lowest BCUT2D eigenvalue weighted by Crippen LogP contribution is -2.36. The second-order valence-electron chi connectivity index (χ2n) is 5.42. The summed E-state index contributed by atoms with van der Waals surface area (Å²) in [5.74, 6) is 1.04. The Hall–Kier alpha value is -1.81. The fourth-order valence-electron chi connectivity index (χ4n) is 2.56. The van der Waals surface area contributed by atoms with E-state index < -0.39 is 0 Å². The van der Waals surface area contributed by atoms with Gasteiger partial charge in [0.2, 0.25) is 0 Å². The van der Waals surface area contributed by atoms with Crippen molar-refractivity contribution in [3.63, 3.8) is 0 Å². The minimum Gasteiger partial charge on any atom is -0.488 e. The molecule has 0 saturated carbocycles. The molecule has 1 aliphatic heterocycles. The number of nitrogens with zero attached hydrogens (tertiary/aromatic N) is 2. The van der Waals surface area contributed by atoms with Gasteiger partial charge in [-0.2, -0.15) is 5.10 Å². The molecule has 2 aromatic rings. The third-order valence-electron chi connectivity index (χ3n) is 3.76. The molecule has 2 atom stereocenters. The lowest BCUT2D eigenvalue weighted by Gasteiger charge is -2.17. The molecule has 0 radical (unpaired) electrons. The van der Waals surface area contributed by atoms with Gasteiger partial charge in [-0.3, -0.25) is 4.68 Å². The zero-order chi connectivity index (χ0) is 13.8. The molecule has 0 bridgehead atoms. The van der Waals surface area contributed by atoms with E-state index >= 15 is 0 Å². The van der Waals surface area contributed by atoms with Crippen LogP contribution in [0.4, 0.5) is 0 Å². The van der Waals surface area contributed by atoms with Gasteiger partial charge in [-0.25, -0.2) is 0 Å². The molecule has 0 unspecified atom stereocenters. The highest BCUT2D eigenvalue weighted by molar-refractivity contribution is 5.37. The largest absolute Gasteiger partial charge is 0.488 e. The SMILES string of the molecule is C[C@H](CCn1cccn1)NC[C@@H]1Cc2ccccc2O1. The highest BCUT2D eigenvalue weighted by Gasteiger charge is 2.22. The maximum Gasteiger partial charge on any atom is 0.123 e. The first-order chi connectivity index (χ1) is 9.81. The van der Waals surface area contributed by atoms with Crippen LogP contribution in [0.2, 0.25) is 0 Å². The van der Waals surface area contributed by atoms with E-state index in [1.165, 1.54) is 5.56 Å². The molecule has 106 valence electrons. The molecule has 0 saturated heterocycles. The van der Waals surface area contributed by atoms with Crippen LogP contribution in [0.1, 0.15) is 18.9 Å². The van der Waals surface area contributed by atoms with Gasteiger partial charge in [0.1, 0.15) is 11.9 Å². The van der Waals surface area contributed by atoms with Gasteiger partial charge < -0.3 is 10.1 Å². The normalized spacial score (nSPS) is 18.6. The van der Waals surface area contributed by atoms with Crippen molar-refractivity contribution in [2.24, 2.45) is 0 Å². The fourth-order valence-corrected chi connectivity index (χ4v) is 2.56. The van der Waals surface area contributed by atoms with Gasteiger partial charge in [-0.05, 0) is 31.0 Å². The van der Waals surface area contributed by atoms with Crippen LogP contribution < -0.4 is 10.1 Å². The second kappa shape index (κ2) is 6.09. The molecule has 20 heavy (non-hydrogen) atoms. The van der Waals surface area contributed by atoms with Crippen LogP contribution in [0.5, 0.6) is 5.75 Å². The Kier molecular flexibility index (Phi) is 4.02. The van der Waals surface area contributed by atoms with Crippen molar-refractivity contribution < 1.29 is 4.74 Å². The Balaban J connectivity index is 1.40. The van der Waals surface area contributed by atoms with Gasteiger partial charge in [-0.1, -0.05) is 18.2 Å². The van der Waals surface area contributed by atoms with Crippen LogP contribution in [0, 0.1) is 0 Å². The van der Waals surface area contributed by atoms with Crippen LogP contribution in [-0.2, 0) is 13.0 Å². The highest BCUT2D eigenvalue weighted by Crippen LogP contribution is 2.27. The van der Waals surface area contributed by atoms with E-state index in [2.05, 4.69) is 35.5 Å². The number of aromatic nitrogens is 2. The summed E-state index contributed by atoms with van der Waals surface area (Å²) in [6, 6.07) is 10.7. The number of nitrogens with one attached hydrogen (secondary N) is 1. The van der Waals surface area contributed by atoms with E-state index in [1.807, 2.05) is 29.2 Å². The van der Waals surface area contributed by atoms with Gasteiger partial charge in [0.05, 0.1) is 0 Å². The lowest BCUT2D eigenvalue weighted by atomic mass is 10.1. The maximum absolute atomic E-state index is 5.93. The van der Waals surface area contributed by atoms with Crippen LogP contribution >= 0.6 is 0 Å². The number of ether oxygens (including phenoxy) is 1. The second-order valence-corrected chi connectivity index (χ2v) is 5.42. The van der Waals surface area contributed by atoms with Gasteiger partial charge in [-0.15, -0.1) is 0 Å². The summed E-state index contributed by atoms with van der Waals surface area (Å²) < 4.78 is 7.90. The minimum atomic E-state index is 0.263. The van der Waals surface area contributed by atoms with E-state index in [4.69, 9.17) is 4.74 Å². The molecule has 4 nitrogen and oxygen atoms in total. The highest BCUT2D eigenvalue weighted by atomic mass is 16.5. The summed E-state index contributed by atoms with van der Waals surface area (Å²) >= 11 is 0. The molecule has 3 rings (SSSR count). The Morgan fingerprint density at radius 2 is 2.30 bits per heavy atom. The van der Waals surface area contributed by atoms with Crippen molar-refractivity contribution in [3.05, 3.63) is 48.3 Å². The van der Waals surface area contributed by atoms with Crippen molar-refractivity contribution in [1.82, 2.24) is 15.1 Å². The average Bonchev–Trinajstić information content (AvgIpc) is 3.11. The first-order valence-corrected chi connectivity index (χ1v) is 7.26. The Labute approximate surface area is 119 Å². The van der Waals surface area contributed by atoms with Crippen molar-refractivity contribution in [2.45, 2.75) is 38.5 Å². The van der Waals surface area contributed by atoms with E-state index in [-0.39, 0.29) is 6.10 Å². The molecule has 0 aliphatic carbocycles. The van der Waals surface area contributed by atoms with Gasteiger partial charge in [0.25, 0.3) is 0 Å². The van der Waals surface area contributed by atoms with Crippen molar-refractivity contribution in [3.8, 4) is 5.75 Å². The summed E-state index contributed by atoms with van der Waals surface area (Å²) in [5, 5.41) is 7.77. The molecule has 1 aromatic heterocycles. The molecular weight excluding hydrogens is 250 g/mol. The summed E-state index contributed by atoms with van der Waals surface area (Å²) in [5.41, 5.74) is 1.32. The Bertz CT molecular complexity index is 513. The zero-order valence-corrected chi connectivity index (χ0v) is 11.8. The molecule has 0 fully saturated rings. The van der Waals surface area contributed by atoms with Crippen molar-refractivity contribution in [2.75, 3.05) is 6.54 Å². The van der Waals surface area contributed by atoms with Gasteiger partial charge in [0.15, 0.2) is 0 Å². The first kappa shape index (κ1) is 13.2. The summed E-state index contributed by atoms with van der Waals surface area (Å²) in [6.45, 7) is 4.06. The number of fused-ring (bicyclic) bond motifs is 1. The number of rotatable bonds is 6. The minimum absolute atomic E-state index is 0.263. The fraction of sp³-hybridized carbons (Fsp3) is 0.438. The number of hydrogen-bond donors (Lipinski definition) is 1. The van der Waals surface area contributed by atoms with Crippen molar-refractivity contribution in [1.29, 1.82) is 0 Å². The Morgan fingerprint density at radius 1 is 1.40 bits per heavy atom. The van der Waals surface area contributed by atoms with Crippen molar-refractivity contribution >= 4 is 0 Å². The van der Waals surface area contributed by atoms with Crippen LogP contribution in [0.25, 0.3) is 0 Å². The third-order valence-corrected chi connectivity index (χ3v) is 3.76. The number of aryl methyl sites for hydroxylation is 1. The number of hydrogen-bond acceptors (Lipinski definition) is 3. The first-order valence-electron chi connectivity index (χ1n) is 7.26. The van der Waals surface area contributed by atoms with E-state index in [0.717, 1.165) is 31.7 Å². The summed E-state index contributed by atoms with van der Waals surface area (Å²) in [4.78, 5) is 0. The monoisotopic (exact) mass is 271 g/mol. The smallest absolute Gasteiger partial charge is 0.123 e. The van der Waals surface area contributed by atoms with E-state index in [9.17, 15) is 0 Å². The average molecular weight is 271 g/mol. The van der Waals surface area contributed by atoms with Gasteiger partial charge in [0, 0.05) is 37.9 Å². The number of benzene rings is 1. The van der Waals surface area contributed by atoms with Crippen LogP contribution in [0.3, 0.4) is 0 Å². The van der Waals surface area contributed by atoms with Crippen LogP contribution in [0.15, 0.2) is 42.7 Å². The molecule has 0 amide bonds. The molecule has 4 heteroatoms. The number of para-hydroxylation sites is 1. The topological polar surface area (TPSA) is 39.1 Å². The third kappa shape index (κ3) is 3.20. The van der Waals surface area contributed by atoms with Crippen LogP contribution in [-0.4, -0.2) is 28.5 Å². The molecule has 1 N–H and O–H groups in total. The molecular formula is C16H21N3O. The zero-order valence-electron chi connectivity index (χ0n) is 11.8. The molecule has 2 heterocycles. The molecule has 1 aromatic carbocycles. The molecule has 1 aliphatic rings. The summed E-state index contributed by atoms with van der Waals surface area (Å²) in [7, 11) is 0. The van der Waals surface area contributed by atoms with E-state index in [0.29, 0.717) is 6.04 Å². The quantitative estimate of drug-likeness (QED) is 0.876. The standard InChI is InChI=1S/C16H21N3O/c1-13(7-10-19-9-4-8-18-19)17-12-15-11-14-5-2-3-6-16(14)20-15/h2-6,8-9,13,15,17H,7,10-12H2,1H3/t13-,15+/m1/s1. The predicted octanol–water partition coefficient (Wildman–Crippen LogP) is 2.25. The summed E-state index contributed by atoms with van der Waals surface area (Å²) in [6.07, 6.45) is 6.17. The lowest BCUT2D eigenvalue weighted by molar-refractivity contribution is 0.220. The van der Waals surface area contributed by atoms with Gasteiger partial charge >= 0.3 is 0 Å².